The van der Waals surface area contributed by atoms with Crippen molar-refractivity contribution in [2.24, 2.45) is 0 Å². The van der Waals surface area contributed by atoms with Crippen molar-refractivity contribution in [3.8, 4) is 5.75 Å². The van der Waals surface area contributed by atoms with E-state index in [2.05, 4.69) is 12.2 Å². The normalized spacial score (nSPS) is 12.4. The smallest absolute Gasteiger partial charge is 0.198 e. The molecular formula is C15H18ClNO2. The summed E-state index contributed by atoms with van der Waals surface area (Å²) < 4.78 is 10.7. The summed E-state index contributed by atoms with van der Waals surface area (Å²) in [4.78, 5) is 0. The average molecular weight is 280 g/mol. The first-order chi connectivity index (χ1) is 9.26. The molecule has 0 radical (unpaired) electrons. The lowest BCUT2D eigenvalue weighted by Gasteiger charge is -2.16. The van der Waals surface area contributed by atoms with Crippen LogP contribution >= 0.6 is 11.6 Å². The molecule has 19 heavy (non-hydrogen) atoms. The minimum absolute atomic E-state index is 0.0199. The molecular weight excluding hydrogens is 262 g/mol. The van der Waals surface area contributed by atoms with Crippen LogP contribution in [0.4, 0.5) is 0 Å². The lowest BCUT2D eigenvalue weighted by atomic mass is 10.0. The van der Waals surface area contributed by atoms with Gasteiger partial charge in [-0.3, -0.25) is 0 Å². The molecule has 2 aromatic rings. The third-order valence-electron chi connectivity index (χ3n) is 2.93. The molecule has 0 bridgehead atoms. The van der Waals surface area contributed by atoms with E-state index in [1.807, 2.05) is 37.4 Å². The van der Waals surface area contributed by atoms with Crippen molar-refractivity contribution >= 4 is 11.6 Å². The summed E-state index contributed by atoms with van der Waals surface area (Å²) in [5.41, 5.74) is 2.06. The zero-order valence-corrected chi connectivity index (χ0v) is 11.9. The third-order valence-corrected chi connectivity index (χ3v) is 3.24. The van der Waals surface area contributed by atoms with E-state index in [9.17, 15) is 0 Å². The maximum Gasteiger partial charge on any atom is 0.198 e. The van der Waals surface area contributed by atoms with E-state index in [1.165, 1.54) is 0 Å². The van der Waals surface area contributed by atoms with Gasteiger partial charge >= 0.3 is 0 Å². The Morgan fingerprint density at radius 3 is 2.53 bits per heavy atom. The summed E-state index contributed by atoms with van der Waals surface area (Å²) in [7, 11) is 1.90. The topological polar surface area (TPSA) is 34.4 Å². The Bertz CT molecular complexity index is 507. The predicted octanol–water partition coefficient (Wildman–Crippen LogP) is 4.03. The van der Waals surface area contributed by atoms with Crippen LogP contribution in [0.5, 0.6) is 5.75 Å². The van der Waals surface area contributed by atoms with Gasteiger partial charge in [0.1, 0.15) is 5.75 Å². The minimum Gasteiger partial charge on any atom is -0.494 e. The molecule has 2 rings (SSSR count). The molecule has 0 fully saturated rings. The maximum atomic E-state index is 6.03. The number of furan rings is 1. The molecule has 0 spiro atoms. The SMILES string of the molecule is CCCOc1ccc(C(NC)c2ccoc2Cl)cc1. The number of hydrogen-bond donors (Lipinski definition) is 1. The van der Waals surface area contributed by atoms with Gasteiger partial charge in [0, 0.05) is 5.56 Å². The highest BCUT2D eigenvalue weighted by Crippen LogP contribution is 2.29. The number of hydrogen-bond acceptors (Lipinski definition) is 3. The minimum atomic E-state index is 0.0199. The standard InChI is InChI=1S/C15H18ClNO2/c1-3-9-18-12-6-4-11(5-7-12)14(17-2)13-8-10-19-15(13)16/h4-8,10,14,17H,3,9H2,1-2H3. The van der Waals surface area contributed by atoms with Gasteiger partial charge in [0.15, 0.2) is 5.22 Å². The molecule has 1 aromatic carbocycles. The quantitative estimate of drug-likeness (QED) is 0.867. The zero-order valence-electron chi connectivity index (χ0n) is 11.2. The fourth-order valence-electron chi connectivity index (χ4n) is 1.99. The third kappa shape index (κ3) is 3.31. The Kier molecular flexibility index (Phi) is 4.88. The van der Waals surface area contributed by atoms with E-state index < -0.39 is 0 Å². The van der Waals surface area contributed by atoms with Crippen LogP contribution in [-0.2, 0) is 0 Å². The number of benzene rings is 1. The maximum absolute atomic E-state index is 6.03. The van der Waals surface area contributed by atoms with Gasteiger partial charge in [0.05, 0.1) is 18.9 Å². The zero-order chi connectivity index (χ0) is 13.7. The van der Waals surface area contributed by atoms with Crippen molar-refractivity contribution < 1.29 is 9.15 Å². The Morgan fingerprint density at radius 1 is 1.26 bits per heavy atom. The van der Waals surface area contributed by atoms with Gasteiger partial charge in [-0.25, -0.2) is 0 Å². The van der Waals surface area contributed by atoms with E-state index >= 15 is 0 Å². The molecule has 1 unspecified atom stereocenters. The van der Waals surface area contributed by atoms with Gasteiger partial charge in [-0.15, -0.1) is 0 Å². The molecule has 1 heterocycles. The fourth-order valence-corrected chi connectivity index (χ4v) is 2.21. The molecule has 0 aliphatic heterocycles. The van der Waals surface area contributed by atoms with Crippen molar-refractivity contribution in [1.29, 1.82) is 0 Å². The Hall–Kier alpha value is -1.45. The molecule has 0 aliphatic carbocycles. The lowest BCUT2D eigenvalue weighted by Crippen LogP contribution is -2.17. The molecule has 0 saturated carbocycles. The van der Waals surface area contributed by atoms with Gasteiger partial charge in [-0.05, 0) is 48.8 Å². The van der Waals surface area contributed by atoms with Gasteiger partial charge in [0.25, 0.3) is 0 Å². The highest BCUT2D eigenvalue weighted by atomic mass is 35.5. The van der Waals surface area contributed by atoms with E-state index in [1.54, 1.807) is 6.26 Å². The molecule has 4 heteroatoms. The summed E-state index contributed by atoms with van der Waals surface area (Å²) >= 11 is 6.03. The van der Waals surface area contributed by atoms with Gasteiger partial charge in [-0.1, -0.05) is 19.1 Å². The Balaban J connectivity index is 2.18. The van der Waals surface area contributed by atoms with Gasteiger partial charge in [0.2, 0.25) is 0 Å². The van der Waals surface area contributed by atoms with Crippen molar-refractivity contribution in [1.82, 2.24) is 5.32 Å². The van der Waals surface area contributed by atoms with Crippen molar-refractivity contribution in [2.75, 3.05) is 13.7 Å². The molecule has 0 aliphatic rings. The molecule has 1 atom stereocenters. The average Bonchev–Trinajstić information content (AvgIpc) is 2.85. The van der Waals surface area contributed by atoms with E-state index in [-0.39, 0.29) is 6.04 Å². The summed E-state index contributed by atoms with van der Waals surface area (Å²) in [5.74, 6) is 0.888. The summed E-state index contributed by atoms with van der Waals surface area (Å²) in [6, 6.07) is 9.93. The number of ether oxygens (including phenoxy) is 1. The number of halogens is 1. The second-order valence-electron chi connectivity index (χ2n) is 4.29. The van der Waals surface area contributed by atoms with Gasteiger partial charge in [-0.2, -0.15) is 0 Å². The van der Waals surface area contributed by atoms with Crippen LogP contribution in [0.1, 0.15) is 30.5 Å². The van der Waals surface area contributed by atoms with Crippen LogP contribution in [0.3, 0.4) is 0 Å². The number of nitrogens with one attached hydrogen (secondary N) is 1. The monoisotopic (exact) mass is 279 g/mol. The summed E-state index contributed by atoms with van der Waals surface area (Å²) in [6.07, 6.45) is 2.60. The molecule has 1 aromatic heterocycles. The fraction of sp³-hybridized carbons (Fsp3) is 0.333. The van der Waals surface area contributed by atoms with Gasteiger partial charge < -0.3 is 14.5 Å². The summed E-state index contributed by atoms with van der Waals surface area (Å²) in [6.45, 7) is 2.83. The predicted molar refractivity (Wildman–Crippen MR) is 76.8 cm³/mol. The van der Waals surface area contributed by atoms with Crippen molar-refractivity contribution in [3.63, 3.8) is 0 Å². The van der Waals surface area contributed by atoms with Crippen LogP contribution < -0.4 is 10.1 Å². The highest BCUT2D eigenvalue weighted by Gasteiger charge is 2.17. The van der Waals surface area contributed by atoms with E-state index in [4.69, 9.17) is 20.8 Å². The number of rotatable bonds is 6. The molecule has 1 N–H and O–H groups in total. The molecule has 3 nitrogen and oxygen atoms in total. The van der Waals surface area contributed by atoms with Crippen LogP contribution in [0.25, 0.3) is 0 Å². The first-order valence-corrected chi connectivity index (χ1v) is 6.77. The molecule has 0 amide bonds. The molecule has 102 valence electrons. The highest BCUT2D eigenvalue weighted by molar-refractivity contribution is 6.29. The van der Waals surface area contributed by atoms with Crippen LogP contribution in [0.2, 0.25) is 5.22 Å². The largest absolute Gasteiger partial charge is 0.494 e. The van der Waals surface area contributed by atoms with E-state index in [0.29, 0.717) is 5.22 Å². The van der Waals surface area contributed by atoms with Crippen LogP contribution in [-0.4, -0.2) is 13.7 Å². The van der Waals surface area contributed by atoms with Crippen molar-refractivity contribution in [2.45, 2.75) is 19.4 Å². The first kappa shape index (κ1) is 14.0. The first-order valence-electron chi connectivity index (χ1n) is 6.39. The lowest BCUT2D eigenvalue weighted by molar-refractivity contribution is 0.317. The van der Waals surface area contributed by atoms with Crippen molar-refractivity contribution in [3.05, 3.63) is 52.9 Å². The second-order valence-corrected chi connectivity index (χ2v) is 4.63. The van der Waals surface area contributed by atoms with Crippen LogP contribution in [0.15, 0.2) is 41.0 Å². The Morgan fingerprint density at radius 2 is 2.00 bits per heavy atom. The second kappa shape index (κ2) is 6.64. The molecule has 0 saturated heterocycles. The Labute approximate surface area is 118 Å². The summed E-state index contributed by atoms with van der Waals surface area (Å²) in [5, 5.41) is 3.66. The van der Waals surface area contributed by atoms with Crippen LogP contribution in [0, 0.1) is 0 Å². The van der Waals surface area contributed by atoms with E-state index in [0.717, 1.165) is 29.9 Å².